The number of hydrogen-bond acceptors (Lipinski definition) is 5. The number of carbonyl (C=O) groups is 2. The van der Waals surface area contributed by atoms with Crippen LogP contribution in [0.25, 0.3) is 0 Å². The quantitative estimate of drug-likeness (QED) is 0.572. The predicted octanol–water partition coefficient (Wildman–Crippen LogP) is 4.15. The molecule has 5 nitrogen and oxygen atoms in total. The molecule has 0 heterocycles. The van der Waals surface area contributed by atoms with E-state index in [1.165, 1.54) is 0 Å². The molecule has 0 spiro atoms. The maximum Gasteiger partial charge on any atom is 0.509 e. The Labute approximate surface area is 143 Å². The monoisotopic (exact) mass is 336 g/mol. The zero-order valence-electron chi connectivity index (χ0n) is 15.1. The smallest absolute Gasteiger partial charge is 0.456 e. The summed E-state index contributed by atoms with van der Waals surface area (Å²) in [6.45, 7) is 10.8. The van der Waals surface area contributed by atoms with Crippen LogP contribution < -0.4 is 0 Å². The lowest BCUT2D eigenvalue weighted by Gasteiger charge is -2.59. The Bertz CT molecular complexity index is 557. The molecule has 24 heavy (non-hydrogen) atoms. The fourth-order valence-corrected chi connectivity index (χ4v) is 5.07. The van der Waals surface area contributed by atoms with Gasteiger partial charge in [-0.15, -0.1) is 0 Å². The van der Waals surface area contributed by atoms with E-state index in [9.17, 15) is 9.59 Å². The summed E-state index contributed by atoms with van der Waals surface area (Å²) in [5, 5.41) is 0. The van der Waals surface area contributed by atoms with E-state index in [0.717, 1.165) is 32.1 Å². The van der Waals surface area contributed by atoms with Crippen LogP contribution in [0.1, 0.15) is 66.2 Å². The molecule has 0 saturated heterocycles. The van der Waals surface area contributed by atoms with Crippen molar-refractivity contribution in [1.29, 1.82) is 0 Å². The molecule has 2 unspecified atom stereocenters. The minimum absolute atomic E-state index is 0.343. The van der Waals surface area contributed by atoms with Gasteiger partial charge in [0.05, 0.1) is 0 Å². The summed E-state index contributed by atoms with van der Waals surface area (Å²) in [5.41, 5.74) is -1.24. The molecule has 134 valence electrons. The summed E-state index contributed by atoms with van der Waals surface area (Å²) in [5.74, 6) is 0.530. The van der Waals surface area contributed by atoms with Crippen LogP contribution >= 0.6 is 0 Å². The first-order chi connectivity index (χ1) is 11.0. The standard InChI is InChI=1S/C19H28O5/c1-12(2)15(20)22-18-7-13-6-14(8-18)10-19(9-13,11-18)24-16(21)23-17(3,4)5/h13-14H,1,6-11H2,2-5H3. The average Bonchev–Trinajstić information content (AvgIpc) is 2.32. The first-order valence-electron chi connectivity index (χ1n) is 8.81. The second kappa shape index (κ2) is 5.50. The van der Waals surface area contributed by atoms with Crippen molar-refractivity contribution in [3.8, 4) is 0 Å². The van der Waals surface area contributed by atoms with E-state index < -0.39 is 23.0 Å². The molecule has 0 aromatic heterocycles. The van der Waals surface area contributed by atoms with Gasteiger partial charge in [0.15, 0.2) is 0 Å². The first kappa shape index (κ1) is 17.3. The van der Waals surface area contributed by atoms with E-state index in [4.69, 9.17) is 14.2 Å². The van der Waals surface area contributed by atoms with Crippen molar-refractivity contribution in [2.45, 2.75) is 83.0 Å². The maximum atomic E-state index is 12.2. The SMILES string of the molecule is C=C(C)C(=O)OC12CC3CC(CC(OC(=O)OC(C)(C)C)(C3)C1)C2. The summed E-state index contributed by atoms with van der Waals surface area (Å²) in [6.07, 6.45) is 4.50. The van der Waals surface area contributed by atoms with E-state index in [0.29, 0.717) is 23.8 Å². The molecule has 4 aliphatic rings. The van der Waals surface area contributed by atoms with Crippen molar-refractivity contribution in [2.24, 2.45) is 11.8 Å². The van der Waals surface area contributed by atoms with E-state index in [-0.39, 0.29) is 5.97 Å². The minimum Gasteiger partial charge on any atom is -0.456 e. The third kappa shape index (κ3) is 3.45. The largest absolute Gasteiger partial charge is 0.509 e. The third-order valence-corrected chi connectivity index (χ3v) is 5.30. The average molecular weight is 336 g/mol. The second-order valence-corrected chi connectivity index (χ2v) is 9.06. The molecule has 0 radical (unpaired) electrons. The predicted molar refractivity (Wildman–Crippen MR) is 88.4 cm³/mol. The Balaban J connectivity index is 1.77. The highest BCUT2D eigenvalue weighted by Crippen LogP contribution is 2.60. The topological polar surface area (TPSA) is 61.8 Å². The lowest BCUT2D eigenvalue weighted by atomic mass is 9.52. The molecule has 0 amide bonds. The highest BCUT2D eigenvalue weighted by atomic mass is 16.7. The molecule has 0 aromatic rings. The molecule has 0 N–H and O–H groups in total. The van der Waals surface area contributed by atoms with Gasteiger partial charge < -0.3 is 14.2 Å². The van der Waals surface area contributed by atoms with Gasteiger partial charge in [0, 0.05) is 12.0 Å². The van der Waals surface area contributed by atoms with E-state index >= 15 is 0 Å². The summed E-state index contributed by atoms with van der Waals surface area (Å²) >= 11 is 0. The molecule has 2 atom stereocenters. The van der Waals surface area contributed by atoms with Gasteiger partial charge in [0.25, 0.3) is 0 Å². The third-order valence-electron chi connectivity index (χ3n) is 5.30. The lowest BCUT2D eigenvalue weighted by Crippen LogP contribution is -2.62. The Morgan fingerprint density at radius 3 is 1.96 bits per heavy atom. The molecule has 0 aliphatic heterocycles. The molecule has 4 saturated carbocycles. The Morgan fingerprint density at radius 1 is 1.00 bits per heavy atom. The second-order valence-electron chi connectivity index (χ2n) is 9.06. The van der Waals surface area contributed by atoms with Crippen molar-refractivity contribution in [3.05, 3.63) is 12.2 Å². The molecule has 5 heteroatoms. The van der Waals surface area contributed by atoms with Crippen molar-refractivity contribution in [1.82, 2.24) is 0 Å². The fraction of sp³-hybridized carbons (Fsp3) is 0.789. The van der Waals surface area contributed by atoms with Gasteiger partial charge in [-0.1, -0.05) is 6.58 Å². The van der Waals surface area contributed by atoms with Crippen molar-refractivity contribution in [2.75, 3.05) is 0 Å². The van der Waals surface area contributed by atoms with Crippen LogP contribution in [0.3, 0.4) is 0 Å². The minimum atomic E-state index is -0.620. The summed E-state index contributed by atoms with van der Waals surface area (Å²) in [6, 6.07) is 0. The van der Waals surface area contributed by atoms with Crippen molar-refractivity contribution >= 4 is 12.1 Å². The van der Waals surface area contributed by atoms with E-state index in [1.54, 1.807) is 6.92 Å². The van der Waals surface area contributed by atoms with Crippen LogP contribution in [0, 0.1) is 11.8 Å². The molecule has 4 fully saturated rings. The molecule has 4 aliphatic carbocycles. The van der Waals surface area contributed by atoms with Gasteiger partial charge >= 0.3 is 12.1 Å². The van der Waals surface area contributed by atoms with Crippen molar-refractivity contribution in [3.63, 3.8) is 0 Å². The maximum absolute atomic E-state index is 12.2. The van der Waals surface area contributed by atoms with Crippen LogP contribution in [0.5, 0.6) is 0 Å². The van der Waals surface area contributed by atoms with Gasteiger partial charge in [-0.2, -0.15) is 0 Å². The van der Waals surface area contributed by atoms with E-state index in [2.05, 4.69) is 6.58 Å². The Kier molecular flexibility index (Phi) is 3.97. The van der Waals surface area contributed by atoms with Crippen LogP contribution in [-0.2, 0) is 19.0 Å². The van der Waals surface area contributed by atoms with Gasteiger partial charge in [-0.25, -0.2) is 9.59 Å². The number of esters is 1. The Morgan fingerprint density at radius 2 is 1.50 bits per heavy atom. The molecular formula is C19H28O5. The first-order valence-corrected chi connectivity index (χ1v) is 8.81. The van der Waals surface area contributed by atoms with Crippen LogP contribution in [0.2, 0.25) is 0 Å². The van der Waals surface area contributed by atoms with Crippen LogP contribution in [0.4, 0.5) is 4.79 Å². The molecule has 4 rings (SSSR count). The van der Waals surface area contributed by atoms with Gasteiger partial charge in [-0.3, -0.25) is 0 Å². The number of rotatable bonds is 3. The Hall–Kier alpha value is -1.52. The van der Waals surface area contributed by atoms with Crippen molar-refractivity contribution < 1.29 is 23.8 Å². The molecule has 0 aromatic carbocycles. The highest BCUT2D eigenvalue weighted by molar-refractivity contribution is 5.87. The number of ether oxygens (including phenoxy) is 3. The zero-order valence-corrected chi connectivity index (χ0v) is 15.1. The lowest BCUT2D eigenvalue weighted by molar-refractivity contribution is -0.222. The summed E-state index contributed by atoms with van der Waals surface area (Å²) < 4.78 is 17.0. The number of hydrogen-bond donors (Lipinski definition) is 0. The highest BCUT2D eigenvalue weighted by Gasteiger charge is 2.61. The van der Waals surface area contributed by atoms with Gasteiger partial charge in [0.2, 0.25) is 0 Å². The fourth-order valence-electron chi connectivity index (χ4n) is 5.07. The number of carbonyl (C=O) groups excluding carboxylic acids is 2. The zero-order chi connectivity index (χ0) is 17.8. The summed E-state index contributed by atoms with van der Waals surface area (Å²) in [4.78, 5) is 24.3. The molecular weight excluding hydrogens is 308 g/mol. The van der Waals surface area contributed by atoms with E-state index in [1.807, 2.05) is 20.8 Å². The van der Waals surface area contributed by atoms with Gasteiger partial charge in [0.1, 0.15) is 16.8 Å². The van der Waals surface area contributed by atoms with Crippen LogP contribution in [-0.4, -0.2) is 28.9 Å². The normalized spacial score (nSPS) is 37.0. The van der Waals surface area contributed by atoms with Crippen LogP contribution in [0.15, 0.2) is 12.2 Å². The van der Waals surface area contributed by atoms with Gasteiger partial charge in [-0.05, 0) is 71.6 Å². The molecule has 4 bridgehead atoms. The summed E-state index contributed by atoms with van der Waals surface area (Å²) in [7, 11) is 0.